The Labute approximate surface area is 85.0 Å². The van der Waals surface area contributed by atoms with Crippen molar-refractivity contribution in [2.75, 3.05) is 6.54 Å². The van der Waals surface area contributed by atoms with Gasteiger partial charge in [-0.05, 0) is 19.3 Å². The van der Waals surface area contributed by atoms with Crippen LogP contribution in [0.15, 0.2) is 12.2 Å². The van der Waals surface area contributed by atoms with Crippen molar-refractivity contribution >= 4 is 5.91 Å². The summed E-state index contributed by atoms with van der Waals surface area (Å²) in [7, 11) is 0. The van der Waals surface area contributed by atoms with Gasteiger partial charge in [0.15, 0.2) is 0 Å². The minimum Gasteiger partial charge on any atom is -0.333 e. The van der Waals surface area contributed by atoms with Crippen LogP contribution < -0.4 is 0 Å². The van der Waals surface area contributed by atoms with Crippen LogP contribution in [0, 0.1) is 5.92 Å². The lowest BCUT2D eigenvalue weighted by atomic mass is 9.70. The highest BCUT2D eigenvalue weighted by Crippen LogP contribution is 2.48. The topological polar surface area (TPSA) is 20.3 Å². The Morgan fingerprint density at radius 3 is 3.21 bits per heavy atom. The third kappa shape index (κ3) is 0.943. The van der Waals surface area contributed by atoms with Crippen LogP contribution in [0.25, 0.3) is 0 Å². The molecule has 2 heteroatoms. The quantitative estimate of drug-likeness (QED) is 0.537. The maximum absolute atomic E-state index is 11.8. The molecular weight excluding hydrogens is 174 g/mol. The van der Waals surface area contributed by atoms with E-state index >= 15 is 0 Å². The van der Waals surface area contributed by atoms with Crippen molar-refractivity contribution in [2.24, 2.45) is 5.92 Å². The minimum atomic E-state index is 0.254. The van der Waals surface area contributed by atoms with E-state index in [-0.39, 0.29) is 5.54 Å². The molecule has 2 aliphatic heterocycles. The standard InChI is InChI=1S/C12H17NO/c14-11-6-8-12-7-2-1-4-10(12)5-3-9-13(11)12/h3,5,10H,1-2,4,6-9H2/t10-,12+/m0/s1. The summed E-state index contributed by atoms with van der Waals surface area (Å²) < 4.78 is 0. The number of carbonyl (C=O) groups is 1. The highest BCUT2D eigenvalue weighted by atomic mass is 16.2. The SMILES string of the molecule is O=C1CC[C@]23CCCC[C@H]2C=CCN13. The van der Waals surface area contributed by atoms with Gasteiger partial charge in [-0.25, -0.2) is 0 Å². The van der Waals surface area contributed by atoms with E-state index in [4.69, 9.17) is 0 Å². The van der Waals surface area contributed by atoms with Gasteiger partial charge < -0.3 is 4.90 Å². The van der Waals surface area contributed by atoms with E-state index in [0.717, 1.165) is 19.4 Å². The zero-order valence-electron chi connectivity index (χ0n) is 8.54. The number of amides is 1. The summed E-state index contributed by atoms with van der Waals surface area (Å²) in [5, 5.41) is 0. The second-order valence-electron chi connectivity index (χ2n) is 4.89. The number of carbonyl (C=O) groups excluding carboxylic acids is 1. The van der Waals surface area contributed by atoms with Crippen LogP contribution >= 0.6 is 0 Å². The van der Waals surface area contributed by atoms with Crippen molar-refractivity contribution in [1.82, 2.24) is 4.90 Å². The zero-order chi connectivity index (χ0) is 9.60. The molecule has 0 unspecified atom stereocenters. The van der Waals surface area contributed by atoms with Gasteiger partial charge in [0.25, 0.3) is 0 Å². The van der Waals surface area contributed by atoms with Crippen molar-refractivity contribution in [3.63, 3.8) is 0 Å². The minimum absolute atomic E-state index is 0.254. The smallest absolute Gasteiger partial charge is 0.223 e. The molecule has 1 saturated carbocycles. The van der Waals surface area contributed by atoms with Gasteiger partial charge in [0.1, 0.15) is 0 Å². The summed E-state index contributed by atoms with van der Waals surface area (Å²) in [6.45, 7) is 0.870. The van der Waals surface area contributed by atoms with Crippen LogP contribution in [-0.4, -0.2) is 22.9 Å². The molecule has 0 bridgehead atoms. The fourth-order valence-electron chi connectivity index (χ4n) is 3.63. The molecule has 76 valence electrons. The first-order chi connectivity index (χ1) is 6.83. The molecule has 2 atom stereocenters. The largest absolute Gasteiger partial charge is 0.333 e. The molecule has 0 aromatic carbocycles. The van der Waals surface area contributed by atoms with Crippen molar-refractivity contribution in [1.29, 1.82) is 0 Å². The van der Waals surface area contributed by atoms with Gasteiger partial charge in [-0.3, -0.25) is 4.79 Å². The summed E-state index contributed by atoms with van der Waals surface area (Å²) in [6, 6.07) is 0. The summed E-state index contributed by atoms with van der Waals surface area (Å²) in [4.78, 5) is 13.9. The summed E-state index contributed by atoms with van der Waals surface area (Å²) >= 11 is 0. The Balaban J connectivity index is 2.00. The lowest BCUT2D eigenvalue weighted by molar-refractivity contribution is -0.132. The van der Waals surface area contributed by atoms with E-state index in [9.17, 15) is 4.79 Å². The van der Waals surface area contributed by atoms with Crippen LogP contribution in [0.2, 0.25) is 0 Å². The van der Waals surface area contributed by atoms with Gasteiger partial charge in [-0.2, -0.15) is 0 Å². The number of hydrogen-bond acceptors (Lipinski definition) is 1. The molecule has 2 fully saturated rings. The molecule has 0 radical (unpaired) electrons. The van der Waals surface area contributed by atoms with Gasteiger partial charge in [-0.1, -0.05) is 25.0 Å². The number of nitrogens with zero attached hydrogens (tertiary/aromatic N) is 1. The summed E-state index contributed by atoms with van der Waals surface area (Å²) in [5.41, 5.74) is 0.254. The Morgan fingerprint density at radius 1 is 1.36 bits per heavy atom. The summed E-state index contributed by atoms with van der Waals surface area (Å²) in [5.74, 6) is 1.05. The van der Waals surface area contributed by atoms with Gasteiger partial charge in [0, 0.05) is 24.4 Å². The number of hydrogen-bond donors (Lipinski definition) is 0. The molecule has 2 heterocycles. The molecule has 1 amide bonds. The lowest BCUT2D eigenvalue weighted by Crippen LogP contribution is -2.54. The fraction of sp³-hybridized carbons (Fsp3) is 0.750. The third-order valence-corrected chi connectivity index (χ3v) is 4.33. The normalized spacial score (nSPS) is 41.0. The molecule has 3 rings (SSSR count). The van der Waals surface area contributed by atoms with Crippen molar-refractivity contribution in [3.05, 3.63) is 12.2 Å². The van der Waals surface area contributed by atoms with E-state index in [0.29, 0.717) is 11.8 Å². The average molecular weight is 191 g/mol. The predicted molar refractivity (Wildman–Crippen MR) is 54.8 cm³/mol. The molecule has 0 aromatic rings. The van der Waals surface area contributed by atoms with Crippen LogP contribution in [0.5, 0.6) is 0 Å². The Hall–Kier alpha value is -0.790. The maximum Gasteiger partial charge on any atom is 0.223 e. The van der Waals surface area contributed by atoms with Crippen LogP contribution in [0.4, 0.5) is 0 Å². The second kappa shape index (κ2) is 2.85. The van der Waals surface area contributed by atoms with Crippen molar-refractivity contribution < 1.29 is 4.79 Å². The van der Waals surface area contributed by atoms with E-state index in [1.54, 1.807) is 0 Å². The lowest BCUT2D eigenvalue weighted by Gasteiger charge is -2.48. The van der Waals surface area contributed by atoms with Crippen molar-refractivity contribution in [3.8, 4) is 0 Å². The van der Waals surface area contributed by atoms with E-state index in [2.05, 4.69) is 17.1 Å². The molecule has 1 saturated heterocycles. The van der Waals surface area contributed by atoms with Crippen LogP contribution in [0.3, 0.4) is 0 Å². The molecule has 0 N–H and O–H groups in total. The summed E-state index contributed by atoms with van der Waals surface area (Å²) in [6.07, 6.45) is 11.7. The fourth-order valence-corrected chi connectivity index (χ4v) is 3.63. The molecule has 3 aliphatic rings. The second-order valence-corrected chi connectivity index (χ2v) is 4.89. The Kier molecular flexibility index (Phi) is 1.73. The van der Waals surface area contributed by atoms with Gasteiger partial charge in [0.05, 0.1) is 0 Å². The van der Waals surface area contributed by atoms with E-state index in [1.165, 1.54) is 25.7 Å². The molecule has 14 heavy (non-hydrogen) atoms. The van der Waals surface area contributed by atoms with Crippen molar-refractivity contribution in [2.45, 2.75) is 44.1 Å². The Bertz CT molecular complexity index is 297. The maximum atomic E-state index is 11.8. The molecule has 1 aliphatic carbocycles. The first kappa shape index (κ1) is 8.51. The monoisotopic (exact) mass is 191 g/mol. The van der Waals surface area contributed by atoms with Crippen LogP contribution in [0.1, 0.15) is 38.5 Å². The third-order valence-electron chi connectivity index (χ3n) is 4.33. The first-order valence-electron chi connectivity index (χ1n) is 5.80. The van der Waals surface area contributed by atoms with Gasteiger partial charge in [-0.15, -0.1) is 0 Å². The zero-order valence-corrected chi connectivity index (χ0v) is 8.54. The predicted octanol–water partition coefficient (Wildman–Crippen LogP) is 2.11. The van der Waals surface area contributed by atoms with Gasteiger partial charge in [0.2, 0.25) is 5.91 Å². The molecular formula is C12H17NO. The first-order valence-corrected chi connectivity index (χ1v) is 5.80. The molecule has 0 aromatic heterocycles. The van der Waals surface area contributed by atoms with Crippen LogP contribution in [-0.2, 0) is 4.79 Å². The Morgan fingerprint density at radius 2 is 2.29 bits per heavy atom. The van der Waals surface area contributed by atoms with E-state index in [1.807, 2.05) is 0 Å². The highest BCUT2D eigenvalue weighted by Gasteiger charge is 2.51. The molecule has 1 spiro atoms. The van der Waals surface area contributed by atoms with Gasteiger partial charge >= 0.3 is 0 Å². The van der Waals surface area contributed by atoms with E-state index < -0.39 is 0 Å². The highest BCUT2D eigenvalue weighted by molar-refractivity contribution is 5.80. The average Bonchev–Trinajstić information content (AvgIpc) is 2.55. The number of rotatable bonds is 0. The molecule has 2 nitrogen and oxygen atoms in total.